The number of ketones is 1. The average molecular weight is 411 g/mol. The minimum absolute atomic E-state index is 0.0977. The molecule has 1 aliphatic rings. The van der Waals surface area contributed by atoms with Crippen molar-refractivity contribution < 1.29 is 28.9 Å². The number of hydrogen-bond donors (Lipinski definition) is 1. The van der Waals surface area contributed by atoms with E-state index in [1.165, 1.54) is 11.8 Å². The zero-order chi connectivity index (χ0) is 21.8. The number of methoxy groups -OCH3 is 3. The molecule has 3 rings (SSSR count). The molecule has 7 heteroatoms. The SMILES string of the molecule is COc1cccc([C@@H]2C(C(C)=O)=C(O)C(=O)N2CCc2ccc(OC)c(OC)c2)c1. The number of Topliss-reactive ketones (excluding diaryl/α,β-unsaturated/α-hetero) is 1. The lowest BCUT2D eigenvalue weighted by molar-refractivity contribution is -0.129. The van der Waals surface area contributed by atoms with Crippen LogP contribution in [0.3, 0.4) is 0 Å². The van der Waals surface area contributed by atoms with Gasteiger partial charge in [0.2, 0.25) is 0 Å². The van der Waals surface area contributed by atoms with E-state index in [1.54, 1.807) is 45.6 Å². The van der Waals surface area contributed by atoms with Gasteiger partial charge < -0.3 is 24.2 Å². The van der Waals surface area contributed by atoms with Gasteiger partial charge in [0.1, 0.15) is 5.75 Å². The molecule has 30 heavy (non-hydrogen) atoms. The van der Waals surface area contributed by atoms with E-state index in [0.29, 0.717) is 35.8 Å². The number of hydrogen-bond acceptors (Lipinski definition) is 6. The van der Waals surface area contributed by atoms with E-state index >= 15 is 0 Å². The molecule has 1 heterocycles. The monoisotopic (exact) mass is 411 g/mol. The second-order valence-electron chi connectivity index (χ2n) is 6.94. The molecular weight excluding hydrogens is 386 g/mol. The van der Waals surface area contributed by atoms with Gasteiger partial charge in [0.05, 0.1) is 32.9 Å². The molecule has 1 aliphatic heterocycles. The first-order valence-corrected chi connectivity index (χ1v) is 9.51. The highest BCUT2D eigenvalue weighted by Gasteiger charge is 2.42. The molecule has 2 aromatic carbocycles. The van der Waals surface area contributed by atoms with Gasteiger partial charge in [-0.3, -0.25) is 9.59 Å². The zero-order valence-electron chi connectivity index (χ0n) is 17.5. The number of ether oxygens (including phenoxy) is 3. The fraction of sp³-hybridized carbons (Fsp3) is 0.304. The summed E-state index contributed by atoms with van der Waals surface area (Å²) in [7, 11) is 4.68. The molecule has 7 nitrogen and oxygen atoms in total. The maximum Gasteiger partial charge on any atom is 0.290 e. The number of benzene rings is 2. The van der Waals surface area contributed by atoms with Crippen LogP contribution in [-0.2, 0) is 16.0 Å². The highest BCUT2D eigenvalue weighted by molar-refractivity contribution is 6.08. The van der Waals surface area contributed by atoms with E-state index in [4.69, 9.17) is 14.2 Å². The van der Waals surface area contributed by atoms with E-state index in [2.05, 4.69) is 0 Å². The Morgan fingerprint density at radius 3 is 2.40 bits per heavy atom. The van der Waals surface area contributed by atoms with Crippen LogP contribution in [0.15, 0.2) is 53.8 Å². The molecule has 0 aliphatic carbocycles. The first kappa shape index (κ1) is 21.2. The van der Waals surface area contributed by atoms with Gasteiger partial charge in [0, 0.05) is 6.54 Å². The molecule has 0 aromatic heterocycles. The topological polar surface area (TPSA) is 85.3 Å². The molecule has 158 valence electrons. The summed E-state index contributed by atoms with van der Waals surface area (Å²) in [5.74, 6) is 0.413. The number of carbonyl (C=O) groups is 2. The van der Waals surface area contributed by atoms with Crippen LogP contribution in [0, 0.1) is 0 Å². The summed E-state index contributed by atoms with van der Waals surface area (Å²) in [4.78, 5) is 26.6. The Morgan fingerprint density at radius 2 is 1.77 bits per heavy atom. The lowest BCUT2D eigenvalue weighted by atomic mass is 9.96. The Bertz CT molecular complexity index is 997. The summed E-state index contributed by atoms with van der Waals surface area (Å²) in [6, 6.07) is 12.0. The Morgan fingerprint density at radius 1 is 1.03 bits per heavy atom. The van der Waals surface area contributed by atoms with E-state index in [1.807, 2.05) is 18.2 Å². The van der Waals surface area contributed by atoms with Crippen molar-refractivity contribution in [3.63, 3.8) is 0 Å². The van der Waals surface area contributed by atoms with Gasteiger partial charge in [-0.2, -0.15) is 0 Å². The first-order valence-electron chi connectivity index (χ1n) is 9.51. The highest BCUT2D eigenvalue weighted by atomic mass is 16.5. The average Bonchev–Trinajstić information content (AvgIpc) is 3.02. The van der Waals surface area contributed by atoms with Crippen molar-refractivity contribution >= 4 is 11.7 Å². The number of aliphatic hydroxyl groups excluding tert-OH is 1. The minimum Gasteiger partial charge on any atom is -0.503 e. The number of aliphatic hydroxyl groups is 1. The molecule has 0 spiro atoms. The predicted molar refractivity (Wildman–Crippen MR) is 111 cm³/mol. The van der Waals surface area contributed by atoms with Crippen molar-refractivity contribution in [3.8, 4) is 17.2 Å². The second-order valence-corrected chi connectivity index (χ2v) is 6.94. The van der Waals surface area contributed by atoms with Crippen LogP contribution in [0.2, 0.25) is 0 Å². The molecule has 2 aromatic rings. The lowest BCUT2D eigenvalue weighted by Gasteiger charge is -2.27. The van der Waals surface area contributed by atoms with Crippen LogP contribution in [0.5, 0.6) is 17.2 Å². The summed E-state index contributed by atoms with van der Waals surface area (Å²) in [5.41, 5.74) is 1.73. The Balaban J connectivity index is 1.92. The van der Waals surface area contributed by atoms with Crippen molar-refractivity contribution in [2.45, 2.75) is 19.4 Å². The maximum absolute atomic E-state index is 12.8. The van der Waals surface area contributed by atoms with Crippen molar-refractivity contribution in [2.75, 3.05) is 27.9 Å². The summed E-state index contributed by atoms with van der Waals surface area (Å²) < 4.78 is 15.9. The Hall–Kier alpha value is -3.48. The third-order valence-corrected chi connectivity index (χ3v) is 5.18. The Kier molecular flexibility index (Phi) is 6.30. The van der Waals surface area contributed by atoms with E-state index < -0.39 is 17.7 Å². The summed E-state index contributed by atoms with van der Waals surface area (Å²) in [6.07, 6.45) is 0.505. The van der Waals surface area contributed by atoms with Crippen molar-refractivity contribution in [1.82, 2.24) is 4.90 Å². The molecule has 1 atom stereocenters. The van der Waals surface area contributed by atoms with E-state index in [-0.39, 0.29) is 11.4 Å². The molecule has 0 saturated heterocycles. The zero-order valence-corrected chi connectivity index (χ0v) is 17.5. The van der Waals surface area contributed by atoms with Gasteiger partial charge in [-0.25, -0.2) is 0 Å². The smallest absolute Gasteiger partial charge is 0.290 e. The fourth-order valence-electron chi connectivity index (χ4n) is 3.69. The van der Waals surface area contributed by atoms with Gasteiger partial charge >= 0.3 is 0 Å². The van der Waals surface area contributed by atoms with Crippen LogP contribution < -0.4 is 14.2 Å². The summed E-state index contributed by atoms with van der Waals surface area (Å²) >= 11 is 0. The van der Waals surface area contributed by atoms with Gasteiger partial charge in [0.15, 0.2) is 23.0 Å². The van der Waals surface area contributed by atoms with E-state index in [0.717, 1.165) is 5.56 Å². The number of carbonyl (C=O) groups excluding carboxylic acids is 2. The largest absolute Gasteiger partial charge is 0.503 e. The first-order chi connectivity index (χ1) is 14.4. The normalized spacial score (nSPS) is 16.1. The molecule has 0 fully saturated rings. The van der Waals surface area contributed by atoms with Crippen LogP contribution in [0.25, 0.3) is 0 Å². The molecule has 0 radical (unpaired) electrons. The van der Waals surface area contributed by atoms with Crippen LogP contribution in [0.4, 0.5) is 0 Å². The van der Waals surface area contributed by atoms with Gasteiger partial charge in [-0.1, -0.05) is 18.2 Å². The summed E-state index contributed by atoms with van der Waals surface area (Å²) in [5, 5.41) is 10.4. The second kappa shape index (κ2) is 8.90. The molecular formula is C23H25NO6. The predicted octanol–water partition coefficient (Wildman–Crippen LogP) is 3.24. The quantitative estimate of drug-likeness (QED) is 0.718. The van der Waals surface area contributed by atoms with Crippen LogP contribution >= 0.6 is 0 Å². The molecule has 0 unspecified atom stereocenters. The lowest BCUT2D eigenvalue weighted by Crippen LogP contribution is -2.33. The van der Waals surface area contributed by atoms with Crippen molar-refractivity contribution in [1.29, 1.82) is 0 Å². The number of nitrogens with zero attached hydrogens (tertiary/aromatic N) is 1. The van der Waals surface area contributed by atoms with Gasteiger partial charge in [-0.15, -0.1) is 0 Å². The molecule has 1 N–H and O–H groups in total. The van der Waals surface area contributed by atoms with Crippen molar-refractivity contribution in [3.05, 3.63) is 64.9 Å². The highest BCUT2D eigenvalue weighted by Crippen LogP contribution is 2.39. The number of rotatable bonds is 8. The third kappa shape index (κ3) is 3.96. The van der Waals surface area contributed by atoms with Crippen LogP contribution in [0.1, 0.15) is 24.1 Å². The molecule has 0 bridgehead atoms. The standard InChI is InChI=1S/C23H25NO6/c1-14(25)20-21(16-6-5-7-17(13-16)28-2)24(23(27)22(20)26)11-10-15-8-9-18(29-3)19(12-15)30-4/h5-9,12-13,21,26H,10-11H2,1-4H3/t21-/m1/s1. The number of amides is 1. The van der Waals surface area contributed by atoms with Gasteiger partial charge in [0.25, 0.3) is 5.91 Å². The third-order valence-electron chi connectivity index (χ3n) is 5.18. The maximum atomic E-state index is 12.8. The van der Waals surface area contributed by atoms with Gasteiger partial charge in [-0.05, 0) is 48.7 Å². The van der Waals surface area contributed by atoms with Crippen molar-refractivity contribution in [2.24, 2.45) is 0 Å². The molecule has 0 saturated carbocycles. The fourth-order valence-corrected chi connectivity index (χ4v) is 3.69. The van der Waals surface area contributed by atoms with Crippen LogP contribution in [-0.4, -0.2) is 49.6 Å². The summed E-state index contributed by atoms with van der Waals surface area (Å²) in [6.45, 7) is 1.65. The minimum atomic E-state index is -0.676. The Labute approximate surface area is 175 Å². The van der Waals surface area contributed by atoms with E-state index in [9.17, 15) is 14.7 Å². The molecule has 1 amide bonds.